The van der Waals surface area contributed by atoms with Gasteiger partial charge in [-0.3, -0.25) is 9.59 Å². The van der Waals surface area contributed by atoms with Crippen LogP contribution in [0.1, 0.15) is 52.9 Å². The van der Waals surface area contributed by atoms with Crippen molar-refractivity contribution in [1.29, 1.82) is 0 Å². The molecule has 0 radical (unpaired) electrons. The SMILES string of the molecule is CC1CC(C)C(C)N(C(=O)C2CCCCC2C(=O)O)C1. The number of rotatable bonds is 2. The Balaban J connectivity index is 2.13. The number of amides is 1. The van der Waals surface area contributed by atoms with Crippen LogP contribution in [0.2, 0.25) is 0 Å². The van der Waals surface area contributed by atoms with Gasteiger partial charge in [0.2, 0.25) is 5.91 Å². The van der Waals surface area contributed by atoms with Crippen LogP contribution in [0.15, 0.2) is 0 Å². The molecule has 20 heavy (non-hydrogen) atoms. The molecule has 1 aliphatic carbocycles. The van der Waals surface area contributed by atoms with Crippen molar-refractivity contribution < 1.29 is 14.7 Å². The number of carbonyl (C=O) groups is 2. The summed E-state index contributed by atoms with van der Waals surface area (Å²) in [6.45, 7) is 7.26. The minimum Gasteiger partial charge on any atom is -0.481 e. The molecule has 4 heteroatoms. The molecule has 1 amide bonds. The molecule has 1 saturated heterocycles. The van der Waals surface area contributed by atoms with Crippen molar-refractivity contribution in [2.75, 3.05) is 6.54 Å². The maximum absolute atomic E-state index is 12.8. The average Bonchev–Trinajstić information content (AvgIpc) is 2.42. The Morgan fingerprint density at radius 1 is 1.05 bits per heavy atom. The van der Waals surface area contributed by atoms with Crippen LogP contribution in [-0.2, 0) is 9.59 Å². The van der Waals surface area contributed by atoms with E-state index in [2.05, 4.69) is 20.8 Å². The van der Waals surface area contributed by atoms with Gasteiger partial charge in [0.25, 0.3) is 0 Å². The summed E-state index contributed by atoms with van der Waals surface area (Å²) in [7, 11) is 0. The van der Waals surface area contributed by atoms with Crippen molar-refractivity contribution in [3.05, 3.63) is 0 Å². The van der Waals surface area contributed by atoms with Crippen LogP contribution in [0.5, 0.6) is 0 Å². The molecule has 0 aromatic heterocycles. The van der Waals surface area contributed by atoms with E-state index < -0.39 is 11.9 Å². The molecule has 114 valence electrons. The lowest BCUT2D eigenvalue weighted by Crippen LogP contribution is -2.52. The van der Waals surface area contributed by atoms with E-state index in [-0.39, 0.29) is 17.9 Å². The quantitative estimate of drug-likeness (QED) is 0.846. The summed E-state index contributed by atoms with van der Waals surface area (Å²) in [5.74, 6) is -0.486. The molecule has 1 N–H and O–H groups in total. The fraction of sp³-hybridized carbons (Fsp3) is 0.875. The van der Waals surface area contributed by atoms with Gasteiger partial charge < -0.3 is 10.0 Å². The number of hydrogen-bond donors (Lipinski definition) is 1. The lowest BCUT2D eigenvalue weighted by molar-refractivity contribution is -0.155. The Hall–Kier alpha value is -1.06. The molecule has 0 spiro atoms. The summed E-state index contributed by atoms with van der Waals surface area (Å²) >= 11 is 0. The molecule has 2 rings (SSSR count). The van der Waals surface area contributed by atoms with Crippen LogP contribution in [0.3, 0.4) is 0 Å². The van der Waals surface area contributed by atoms with Crippen molar-refractivity contribution >= 4 is 11.9 Å². The highest BCUT2D eigenvalue weighted by molar-refractivity contribution is 5.85. The lowest BCUT2D eigenvalue weighted by Gasteiger charge is -2.43. The highest BCUT2D eigenvalue weighted by Crippen LogP contribution is 2.35. The third kappa shape index (κ3) is 2.99. The first-order chi connectivity index (χ1) is 9.41. The fourth-order valence-electron chi connectivity index (χ4n) is 3.94. The summed E-state index contributed by atoms with van der Waals surface area (Å²) in [6.07, 6.45) is 4.45. The van der Waals surface area contributed by atoms with Gasteiger partial charge in [0.05, 0.1) is 11.8 Å². The van der Waals surface area contributed by atoms with Crippen LogP contribution in [-0.4, -0.2) is 34.5 Å². The minimum atomic E-state index is -0.797. The number of hydrogen-bond acceptors (Lipinski definition) is 2. The van der Waals surface area contributed by atoms with E-state index in [1.807, 2.05) is 4.90 Å². The molecule has 5 atom stereocenters. The van der Waals surface area contributed by atoms with Gasteiger partial charge in [0.1, 0.15) is 0 Å². The second kappa shape index (κ2) is 6.15. The second-order valence-electron chi connectivity index (χ2n) is 6.89. The van der Waals surface area contributed by atoms with E-state index >= 15 is 0 Å². The predicted octanol–water partition coefficient (Wildman–Crippen LogP) is 2.77. The number of carboxylic acids is 1. The first kappa shape index (κ1) is 15.3. The standard InChI is InChI=1S/C16H27NO3/c1-10-8-11(2)12(3)17(9-10)15(18)13-6-4-5-7-14(13)16(19)20/h10-14H,4-9H2,1-3H3,(H,19,20). The third-order valence-corrected chi connectivity index (χ3v) is 5.28. The molecule has 4 nitrogen and oxygen atoms in total. The maximum atomic E-state index is 12.8. The largest absolute Gasteiger partial charge is 0.481 e. The van der Waals surface area contributed by atoms with Crippen molar-refractivity contribution in [2.45, 2.75) is 58.9 Å². The van der Waals surface area contributed by atoms with Crippen molar-refractivity contribution in [2.24, 2.45) is 23.7 Å². The summed E-state index contributed by atoms with van der Waals surface area (Å²) < 4.78 is 0. The predicted molar refractivity (Wildman–Crippen MR) is 77.2 cm³/mol. The average molecular weight is 281 g/mol. The van der Waals surface area contributed by atoms with Gasteiger partial charge in [0.15, 0.2) is 0 Å². The zero-order valence-electron chi connectivity index (χ0n) is 12.8. The Bertz CT molecular complexity index is 382. The minimum absolute atomic E-state index is 0.0861. The maximum Gasteiger partial charge on any atom is 0.307 e. The number of carboxylic acid groups (broad SMARTS) is 1. The zero-order chi connectivity index (χ0) is 14.9. The highest BCUT2D eigenvalue weighted by Gasteiger charge is 2.41. The number of piperidine rings is 1. The van der Waals surface area contributed by atoms with Gasteiger partial charge in [0, 0.05) is 12.6 Å². The molecule has 2 fully saturated rings. The van der Waals surface area contributed by atoms with E-state index in [4.69, 9.17) is 0 Å². The normalized spacial score (nSPS) is 38.5. The van der Waals surface area contributed by atoms with Crippen LogP contribution >= 0.6 is 0 Å². The van der Waals surface area contributed by atoms with Crippen molar-refractivity contribution in [3.63, 3.8) is 0 Å². The molecule has 2 aliphatic rings. The smallest absolute Gasteiger partial charge is 0.307 e. The Labute approximate surface area is 121 Å². The molecular formula is C16H27NO3. The highest BCUT2D eigenvalue weighted by atomic mass is 16.4. The molecule has 0 aromatic rings. The summed E-state index contributed by atoms with van der Waals surface area (Å²) in [5, 5.41) is 9.36. The van der Waals surface area contributed by atoms with E-state index in [0.717, 1.165) is 32.2 Å². The number of nitrogens with zero attached hydrogens (tertiary/aromatic N) is 1. The monoisotopic (exact) mass is 281 g/mol. The van der Waals surface area contributed by atoms with Gasteiger partial charge in [-0.15, -0.1) is 0 Å². The van der Waals surface area contributed by atoms with Gasteiger partial charge in [-0.2, -0.15) is 0 Å². The Morgan fingerprint density at radius 3 is 2.25 bits per heavy atom. The van der Waals surface area contributed by atoms with Gasteiger partial charge >= 0.3 is 5.97 Å². The van der Waals surface area contributed by atoms with Crippen LogP contribution in [0.25, 0.3) is 0 Å². The van der Waals surface area contributed by atoms with Crippen molar-refractivity contribution in [1.82, 2.24) is 4.90 Å². The van der Waals surface area contributed by atoms with Crippen LogP contribution < -0.4 is 0 Å². The third-order valence-electron chi connectivity index (χ3n) is 5.28. The topological polar surface area (TPSA) is 57.6 Å². The van der Waals surface area contributed by atoms with E-state index in [0.29, 0.717) is 18.3 Å². The van der Waals surface area contributed by atoms with E-state index in [1.54, 1.807) is 0 Å². The second-order valence-corrected chi connectivity index (χ2v) is 6.89. The van der Waals surface area contributed by atoms with E-state index in [9.17, 15) is 14.7 Å². The first-order valence-electron chi connectivity index (χ1n) is 7.95. The van der Waals surface area contributed by atoms with Gasteiger partial charge in [-0.1, -0.05) is 26.7 Å². The van der Waals surface area contributed by atoms with E-state index in [1.165, 1.54) is 0 Å². The van der Waals surface area contributed by atoms with Crippen molar-refractivity contribution in [3.8, 4) is 0 Å². The molecule has 1 aliphatic heterocycles. The molecule has 1 heterocycles. The summed E-state index contributed by atoms with van der Waals surface area (Å²) in [5.41, 5.74) is 0. The zero-order valence-corrected chi connectivity index (χ0v) is 12.8. The molecule has 1 saturated carbocycles. The summed E-state index contributed by atoms with van der Waals surface area (Å²) in [6, 6.07) is 0.232. The van der Waals surface area contributed by atoms with Crippen LogP contribution in [0.4, 0.5) is 0 Å². The van der Waals surface area contributed by atoms with Crippen LogP contribution in [0, 0.1) is 23.7 Å². The summed E-state index contributed by atoms with van der Waals surface area (Å²) in [4.78, 5) is 26.2. The fourth-order valence-corrected chi connectivity index (χ4v) is 3.94. The molecule has 0 aromatic carbocycles. The number of carbonyl (C=O) groups excluding carboxylic acids is 1. The number of likely N-dealkylation sites (tertiary alicyclic amines) is 1. The Morgan fingerprint density at radius 2 is 1.65 bits per heavy atom. The lowest BCUT2D eigenvalue weighted by atomic mass is 9.77. The first-order valence-corrected chi connectivity index (χ1v) is 7.95. The Kier molecular flexibility index (Phi) is 4.71. The molecule has 5 unspecified atom stereocenters. The molecule has 0 bridgehead atoms. The molecular weight excluding hydrogens is 254 g/mol. The number of aliphatic carboxylic acids is 1. The van der Waals surface area contributed by atoms with Gasteiger partial charge in [-0.05, 0) is 38.0 Å². The van der Waals surface area contributed by atoms with Gasteiger partial charge in [-0.25, -0.2) is 0 Å².